The molecule has 0 aromatic carbocycles. The number of aromatic nitrogens is 2. The van der Waals surface area contributed by atoms with Crippen LogP contribution >= 0.6 is 24.0 Å². The van der Waals surface area contributed by atoms with Crippen LogP contribution in [0.15, 0.2) is 36.6 Å². The van der Waals surface area contributed by atoms with Crippen LogP contribution in [0.3, 0.4) is 0 Å². The van der Waals surface area contributed by atoms with Gasteiger partial charge in [-0.3, -0.25) is 0 Å². The normalized spacial score (nSPS) is 11.5. The zero-order chi connectivity index (χ0) is 16.2. The molecule has 1 N–H and O–H groups in total. The molecular weight excluding hydrogens is 312 g/mol. The van der Waals surface area contributed by atoms with Gasteiger partial charge in [0.2, 0.25) is 0 Å². The minimum Gasteiger partial charge on any atom is -0.367 e. The molecular formula is C16H20N4S2. The van der Waals surface area contributed by atoms with E-state index in [1.54, 1.807) is 0 Å². The van der Waals surface area contributed by atoms with Crippen molar-refractivity contribution in [1.82, 2.24) is 15.1 Å². The summed E-state index contributed by atoms with van der Waals surface area (Å²) in [6, 6.07) is 2.10. The highest BCUT2D eigenvalue weighted by molar-refractivity contribution is 8.22. The van der Waals surface area contributed by atoms with Crippen molar-refractivity contribution in [3.63, 3.8) is 0 Å². The second kappa shape index (κ2) is 10.8. The number of rotatable bonds is 7. The van der Waals surface area contributed by atoms with E-state index in [-0.39, 0.29) is 0 Å². The predicted molar refractivity (Wildman–Crippen MR) is 98.4 cm³/mol. The molecule has 0 bridgehead atoms. The molecule has 0 aliphatic carbocycles. The summed E-state index contributed by atoms with van der Waals surface area (Å²) in [7, 11) is 0. The average Bonchev–Trinajstić information content (AvgIpc) is 2.86. The van der Waals surface area contributed by atoms with Crippen LogP contribution in [0.4, 0.5) is 0 Å². The van der Waals surface area contributed by atoms with Crippen LogP contribution in [0.1, 0.15) is 24.6 Å². The van der Waals surface area contributed by atoms with Gasteiger partial charge in [0.05, 0.1) is 12.3 Å². The van der Waals surface area contributed by atoms with E-state index >= 15 is 0 Å². The molecule has 1 aromatic rings. The number of thiocarbonyl (C=S) groups is 1. The van der Waals surface area contributed by atoms with Gasteiger partial charge in [0.15, 0.2) is 0 Å². The lowest BCUT2D eigenvalue weighted by Crippen LogP contribution is -2.18. The lowest BCUT2D eigenvalue weighted by atomic mass is 10.2. The summed E-state index contributed by atoms with van der Waals surface area (Å²) in [5, 5.41) is 16.0. The molecule has 0 aliphatic rings. The van der Waals surface area contributed by atoms with Gasteiger partial charge in [-0.25, -0.2) is 4.68 Å². The van der Waals surface area contributed by atoms with E-state index in [4.69, 9.17) is 17.5 Å². The van der Waals surface area contributed by atoms with Crippen molar-refractivity contribution in [3.05, 3.63) is 47.8 Å². The van der Waals surface area contributed by atoms with E-state index in [1.807, 2.05) is 61.3 Å². The van der Waals surface area contributed by atoms with Gasteiger partial charge >= 0.3 is 0 Å². The van der Waals surface area contributed by atoms with E-state index in [9.17, 15) is 0 Å². The van der Waals surface area contributed by atoms with Crippen molar-refractivity contribution in [2.75, 3.05) is 5.75 Å². The number of nitriles is 1. The molecule has 0 saturated heterocycles. The molecule has 0 amide bonds. The monoisotopic (exact) mass is 332 g/mol. The lowest BCUT2D eigenvalue weighted by Gasteiger charge is -2.06. The fourth-order valence-corrected chi connectivity index (χ4v) is 2.44. The average molecular weight is 332 g/mol. The van der Waals surface area contributed by atoms with Crippen molar-refractivity contribution in [2.45, 2.75) is 26.8 Å². The number of nitrogens with one attached hydrogen (secondary N) is 1. The SMILES string of the molecule is C\C=C/C=C\C=C\n1ncc(CNC(=S)SCCC#N)c1C. The Morgan fingerprint density at radius 1 is 1.45 bits per heavy atom. The fourth-order valence-electron chi connectivity index (χ4n) is 1.56. The Morgan fingerprint density at radius 3 is 2.95 bits per heavy atom. The molecule has 1 heterocycles. The zero-order valence-corrected chi connectivity index (χ0v) is 14.5. The molecule has 0 saturated carbocycles. The van der Waals surface area contributed by atoms with E-state index in [0.29, 0.717) is 17.3 Å². The van der Waals surface area contributed by atoms with Crippen molar-refractivity contribution in [3.8, 4) is 6.07 Å². The Kier molecular flexibility index (Phi) is 8.96. The summed E-state index contributed by atoms with van der Waals surface area (Å²) in [6.45, 7) is 4.65. The van der Waals surface area contributed by atoms with Gasteiger partial charge in [0.1, 0.15) is 4.32 Å². The van der Waals surface area contributed by atoms with Crippen molar-refractivity contribution >= 4 is 34.5 Å². The van der Waals surface area contributed by atoms with Gasteiger partial charge in [0, 0.05) is 36.2 Å². The number of hydrogen-bond donors (Lipinski definition) is 1. The van der Waals surface area contributed by atoms with Crippen LogP contribution in [0, 0.1) is 18.3 Å². The van der Waals surface area contributed by atoms with Gasteiger partial charge in [0.25, 0.3) is 0 Å². The first-order chi connectivity index (χ1) is 10.7. The Balaban J connectivity index is 2.50. The summed E-state index contributed by atoms with van der Waals surface area (Å²) < 4.78 is 2.55. The fraction of sp³-hybridized carbons (Fsp3) is 0.312. The van der Waals surface area contributed by atoms with Gasteiger partial charge in [-0.2, -0.15) is 10.4 Å². The Labute approximate surface area is 141 Å². The maximum atomic E-state index is 8.49. The molecule has 116 valence electrons. The van der Waals surface area contributed by atoms with Gasteiger partial charge < -0.3 is 5.32 Å². The summed E-state index contributed by atoms with van der Waals surface area (Å²) in [5.74, 6) is 0.724. The second-order valence-electron chi connectivity index (χ2n) is 4.35. The summed E-state index contributed by atoms with van der Waals surface area (Å²) >= 11 is 6.71. The molecule has 0 fully saturated rings. The topological polar surface area (TPSA) is 53.6 Å². The molecule has 1 rings (SSSR count). The molecule has 0 atom stereocenters. The largest absolute Gasteiger partial charge is 0.367 e. The van der Waals surface area contributed by atoms with Crippen molar-refractivity contribution in [1.29, 1.82) is 5.26 Å². The molecule has 0 unspecified atom stereocenters. The number of hydrogen-bond acceptors (Lipinski definition) is 4. The molecule has 22 heavy (non-hydrogen) atoms. The van der Waals surface area contributed by atoms with Crippen LogP contribution in [0.5, 0.6) is 0 Å². The second-order valence-corrected chi connectivity index (χ2v) is 6.12. The Hall–Kier alpha value is -1.84. The maximum Gasteiger partial charge on any atom is 0.134 e. The quantitative estimate of drug-likeness (QED) is 0.467. The van der Waals surface area contributed by atoms with Crippen LogP contribution in [-0.4, -0.2) is 19.9 Å². The third kappa shape index (κ3) is 6.74. The van der Waals surface area contributed by atoms with Crippen molar-refractivity contribution in [2.24, 2.45) is 0 Å². The predicted octanol–water partition coefficient (Wildman–Crippen LogP) is 3.82. The minimum absolute atomic E-state index is 0.509. The smallest absolute Gasteiger partial charge is 0.134 e. The summed E-state index contributed by atoms with van der Waals surface area (Å²) in [4.78, 5) is 0. The number of allylic oxidation sites excluding steroid dienone is 5. The van der Waals surface area contributed by atoms with Gasteiger partial charge in [-0.05, 0) is 19.9 Å². The number of nitrogens with zero attached hydrogens (tertiary/aromatic N) is 3. The van der Waals surface area contributed by atoms with E-state index in [1.165, 1.54) is 11.8 Å². The number of thioether (sulfide) groups is 1. The Bertz CT molecular complexity index is 606. The van der Waals surface area contributed by atoms with Crippen LogP contribution in [0.2, 0.25) is 0 Å². The van der Waals surface area contributed by atoms with E-state index in [2.05, 4.69) is 16.5 Å². The van der Waals surface area contributed by atoms with Crippen LogP contribution in [0.25, 0.3) is 6.20 Å². The van der Waals surface area contributed by atoms with Crippen molar-refractivity contribution < 1.29 is 0 Å². The summed E-state index contributed by atoms with van der Waals surface area (Å²) in [6.07, 6.45) is 14.1. The first-order valence-corrected chi connectivity index (χ1v) is 8.35. The van der Waals surface area contributed by atoms with E-state index in [0.717, 1.165) is 17.0 Å². The molecule has 0 spiro atoms. The van der Waals surface area contributed by atoms with Crippen LogP contribution in [-0.2, 0) is 6.54 Å². The summed E-state index contributed by atoms with van der Waals surface area (Å²) in [5.41, 5.74) is 2.18. The molecule has 4 nitrogen and oxygen atoms in total. The standard InChI is InChI=1S/C16H20N4S2/c1-3-4-5-6-7-10-20-14(2)15(13-19-20)12-18-16(21)22-11-8-9-17/h3-7,10,13H,8,11-12H2,1-2H3,(H,18,21)/b4-3-,6-5-,10-7+. The third-order valence-electron chi connectivity index (χ3n) is 2.77. The minimum atomic E-state index is 0.509. The molecule has 6 heteroatoms. The lowest BCUT2D eigenvalue weighted by molar-refractivity contribution is 0.882. The Morgan fingerprint density at radius 2 is 2.23 bits per heavy atom. The van der Waals surface area contributed by atoms with Gasteiger partial charge in [-0.15, -0.1) is 0 Å². The third-order valence-corrected chi connectivity index (χ3v) is 4.08. The highest BCUT2D eigenvalue weighted by Gasteiger charge is 2.05. The molecule has 1 aromatic heterocycles. The first-order valence-electron chi connectivity index (χ1n) is 6.95. The van der Waals surface area contributed by atoms with Crippen LogP contribution < -0.4 is 5.32 Å². The van der Waals surface area contributed by atoms with E-state index < -0.39 is 0 Å². The molecule has 0 radical (unpaired) electrons. The maximum absolute atomic E-state index is 8.49. The highest BCUT2D eigenvalue weighted by Crippen LogP contribution is 2.09. The zero-order valence-electron chi connectivity index (χ0n) is 12.8. The highest BCUT2D eigenvalue weighted by atomic mass is 32.2. The van der Waals surface area contributed by atoms with Gasteiger partial charge in [-0.1, -0.05) is 48.3 Å². The first kappa shape index (κ1) is 18.2. The molecule has 0 aliphatic heterocycles.